The highest BCUT2D eigenvalue weighted by Crippen LogP contribution is 2.14. The van der Waals surface area contributed by atoms with Gasteiger partial charge in [0.15, 0.2) is 5.65 Å². The van der Waals surface area contributed by atoms with Gasteiger partial charge in [0, 0.05) is 6.42 Å². The second-order valence-electron chi connectivity index (χ2n) is 4.90. The number of unbranched alkanes of at least 4 members (excludes halogenated alkanes) is 1. The molecule has 0 unspecified atom stereocenters. The highest BCUT2D eigenvalue weighted by Gasteiger charge is 2.17. The van der Waals surface area contributed by atoms with Crippen LogP contribution in [0.2, 0.25) is 5.02 Å². The molecule has 2 aromatic rings. The molecule has 0 aromatic carbocycles. The van der Waals surface area contributed by atoms with Crippen LogP contribution >= 0.6 is 24.0 Å². The van der Waals surface area contributed by atoms with Gasteiger partial charge in [-0.2, -0.15) is 5.10 Å². The lowest BCUT2D eigenvalue weighted by Gasteiger charge is -2.07. The van der Waals surface area contributed by atoms with Crippen LogP contribution in [0.1, 0.15) is 38.3 Å². The van der Waals surface area contributed by atoms with Crippen LogP contribution in [0.3, 0.4) is 0 Å². The van der Waals surface area contributed by atoms with Gasteiger partial charge >= 0.3 is 5.97 Å². The van der Waals surface area contributed by atoms with Gasteiger partial charge in [0.05, 0.1) is 12.1 Å². The van der Waals surface area contributed by atoms with Gasteiger partial charge in [-0.15, -0.1) is 12.4 Å². The van der Waals surface area contributed by atoms with E-state index in [2.05, 4.69) is 10.1 Å². The summed E-state index contributed by atoms with van der Waals surface area (Å²) in [5.74, 6) is -1.41. The van der Waals surface area contributed by atoms with E-state index < -0.39 is 11.4 Å². The fraction of sp³-hybridized carbons (Fsp3) is 0.429. The number of rotatable bonds is 6. The molecule has 0 bridgehead atoms. The lowest BCUT2D eigenvalue weighted by atomic mass is 10.1. The van der Waals surface area contributed by atoms with Crippen LogP contribution in [0.25, 0.3) is 11.4 Å². The fourth-order valence-electron chi connectivity index (χ4n) is 2.22. The Morgan fingerprint density at radius 1 is 1.35 bits per heavy atom. The summed E-state index contributed by atoms with van der Waals surface area (Å²) in [6.07, 6.45) is 3.15. The third kappa shape index (κ3) is 3.92. The molecule has 0 spiro atoms. The average Bonchev–Trinajstić information content (AvgIpc) is 2.94. The second-order valence-corrected chi connectivity index (χ2v) is 5.28. The summed E-state index contributed by atoms with van der Waals surface area (Å²) in [6, 6.07) is 0. The van der Waals surface area contributed by atoms with Gasteiger partial charge in [0.25, 0.3) is 0 Å². The molecular weight excluding hydrogens is 345 g/mol. The Morgan fingerprint density at radius 2 is 2.04 bits per heavy atom. The van der Waals surface area contributed by atoms with E-state index in [-0.39, 0.29) is 46.9 Å². The largest absolute Gasteiger partial charge is 0.511 e. The topological polar surface area (TPSA) is 105 Å². The van der Waals surface area contributed by atoms with Gasteiger partial charge in [-0.25, -0.2) is 9.50 Å². The van der Waals surface area contributed by atoms with Crippen molar-refractivity contribution in [3.8, 4) is 0 Å². The lowest BCUT2D eigenvalue weighted by molar-refractivity contribution is -0.136. The number of nitrogens with zero attached hydrogens (tertiary/aromatic N) is 3. The summed E-state index contributed by atoms with van der Waals surface area (Å²) in [7, 11) is 0. The van der Waals surface area contributed by atoms with E-state index in [9.17, 15) is 14.7 Å². The molecule has 2 N–H and O–H groups in total. The van der Waals surface area contributed by atoms with Crippen LogP contribution in [0.5, 0.6) is 0 Å². The van der Waals surface area contributed by atoms with Gasteiger partial charge in [0.1, 0.15) is 22.3 Å². The summed E-state index contributed by atoms with van der Waals surface area (Å²) < 4.78 is 1.44. The van der Waals surface area contributed by atoms with Gasteiger partial charge in [0.2, 0.25) is 5.43 Å². The van der Waals surface area contributed by atoms with Gasteiger partial charge in [-0.1, -0.05) is 24.9 Å². The number of fused-ring (bicyclic) bond motifs is 1. The van der Waals surface area contributed by atoms with Crippen LogP contribution in [-0.2, 0) is 11.2 Å². The third-order valence-corrected chi connectivity index (χ3v) is 3.73. The van der Waals surface area contributed by atoms with Gasteiger partial charge in [-0.05, 0) is 12.8 Å². The van der Waals surface area contributed by atoms with E-state index in [0.717, 1.165) is 12.8 Å². The Balaban J connectivity index is 0.00000264. The van der Waals surface area contributed by atoms with Crippen molar-refractivity contribution in [3.63, 3.8) is 0 Å². The molecule has 23 heavy (non-hydrogen) atoms. The molecule has 0 aliphatic rings. The first kappa shape index (κ1) is 19.2. The standard InChI is InChI=1S/C14H16ClN3O4.ClH/c1-2-3-4-8-12(15)13(22)11(9(19)5-6-10(20)21)14-16-7-17-18(8)14;/h7,19H,2-6H2,1H3,(H,20,21);1H. The predicted molar refractivity (Wildman–Crippen MR) is 88.3 cm³/mol. The smallest absolute Gasteiger partial charge is 0.303 e. The Hall–Kier alpha value is -1.86. The molecular formula is C14H17Cl2N3O4. The number of aliphatic hydroxyl groups excluding tert-OH is 1. The first-order chi connectivity index (χ1) is 10.5. The number of carbonyl (C=O) groups is 1. The summed E-state index contributed by atoms with van der Waals surface area (Å²) in [6.45, 7) is 2.02. The first-order valence-corrected chi connectivity index (χ1v) is 7.33. The molecule has 0 amide bonds. The Bertz CT molecular complexity index is 820. The van der Waals surface area contributed by atoms with Crippen LogP contribution in [0.15, 0.2) is 11.1 Å². The molecule has 0 aliphatic heterocycles. The Kier molecular flexibility index (Phi) is 6.78. The highest BCUT2D eigenvalue weighted by atomic mass is 35.5. The van der Waals surface area contributed by atoms with Gasteiger partial charge in [-0.3, -0.25) is 9.59 Å². The lowest BCUT2D eigenvalue weighted by Crippen LogP contribution is -2.32. The molecule has 126 valence electrons. The molecule has 0 fully saturated rings. The van der Waals surface area contributed by atoms with E-state index in [1.165, 1.54) is 10.8 Å². The SMILES string of the molecule is CCCCc1c(Cl)c(=O)c(=C(O)CCC(=O)O)c2ncnn12.Cl. The number of hydrogen-bond acceptors (Lipinski definition) is 5. The van der Waals surface area contributed by atoms with Crippen molar-refractivity contribution >= 4 is 41.4 Å². The van der Waals surface area contributed by atoms with Crippen molar-refractivity contribution in [2.24, 2.45) is 0 Å². The maximum atomic E-state index is 12.4. The minimum Gasteiger partial charge on any atom is -0.511 e. The maximum absolute atomic E-state index is 12.4. The normalized spacial score (nSPS) is 12.1. The van der Waals surface area contributed by atoms with Crippen LogP contribution in [0, 0.1) is 0 Å². The predicted octanol–water partition coefficient (Wildman–Crippen LogP) is 1.76. The number of aromatic nitrogens is 3. The number of carboxylic acid groups (broad SMARTS) is 1. The van der Waals surface area contributed by atoms with Crippen molar-refractivity contribution in [2.75, 3.05) is 0 Å². The van der Waals surface area contributed by atoms with Crippen LogP contribution in [0.4, 0.5) is 0 Å². The van der Waals surface area contributed by atoms with Crippen LogP contribution < -0.4 is 10.6 Å². The van der Waals surface area contributed by atoms with Crippen molar-refractivity contribution < 1.29 is 15.0 Å². The van der Waals surface area contributed by atoms with E-state index >= 15 is 0 Å². The molecule has 0 saturated carbocycles. The highest BCUT2D eigenvalue weighted by molar-refractivity contribution is 6.31. The monoisotopic (exact) mass is 361 g/mol. The summed E-state index contributed by atoms with van der Waals surface area (Å²) >= 11 is 6.13. The van der Waals surface area contributed by atoms with E-state index in [0.29, 0.717) is 12.1 Å². The fourth-order valence-corrected chi connectivity index (χ4v) is 2.48. The second kappa shape index (κ2) is 8.12. The number of halogens is 2. The maximum Gasteiger partial charge on any atom is 0.303 e. The Morgan fingerprint density at radius 3 is 2.65 bits per heavy atom. The average molecular weight is 362 g/mol. The van der Waals surface area contributed by atoms with Crippen molar-refractivity contribution in [2.45, 2.75) is 39.0 Å². The molecule has 0 radical (unpaired) electrons. The zero-order valence-corrected chi connectivity index (χ0v) is 14.0. The molecule has 2 heterocycles. The number of aliphatic hydroxyl groups is 1. The molecule has 0 saturated heterocycles. The first-order valence-electron chi connectivity index (χ1n) is 6.95. The summed E-state index contributed by atoms with van der Waals surface area (Å²) in [4.78, 5) is 27.0. The number of aryl methyl sites for hydroxylation is 1. The number of pyridine rings is 1. The van der Waals surface area contributed by atoms with Crippen molar-refractivity contribution in [1.29, 1.82) is 0 Å². The van der Waals surface area contributed by atoms with E-state index in [1.54, 1.807) is 0 Å². The third-order valence-electron chi connectivity index (χ3n) is 3.34. The zero-order valence-electron chi connectivity index (χ0n) is 12.5. The molecule has 9 heteroatoms. The molecule has 7 nitrogen and oxygen atoms in total. The van der Waals surface area contributed by atoms with E-state index in [1.807, 2.05) is 6.92 Å². The minimum absolute atomic E-state index is 0. The number of hydrogen-bond donors (Lipinski definition) is 2. The molecule has 0 aliphatic carbocycles. The van der Waals surface area contributed by atoms with E-state index in [4.69, 9.17) is 16.7 Å². The zero-order chi connectivity index (χ0) is 16.3. The quantitative estimate of drug-likeness (QED) is 0.811. The molecule has 0 atom stereocenters. The summed E-state index contributed by atoms with van der Waals surface area (Å²) in [5, 5.41) is 22.7. The molecule has 2 aromatic heterocycles. The summed E-state index contributed by atoms with van der Waals surface area (Å²) in [5.41, 5.74) is 0.204. The minimum atomic E-state index is -1.07. The van der Waals surface area contributed by atoms with Crippen LogP contribution in [-0.4, -0.2) is 30.8 Å². The van der Waals surface area contributed by atoms with Gasteiger partial charge < -0.3 is 10.2 Å². The Labute approximate surface area is 143 Å². The number of aliphatic carboxylic acids is 1. The van der Waals surface area contributed by atoms with Crippen molar-refractivity contribution in [1.82, 2.24) is 14.6 Å². The molecule has 2 rings (SSSR count). The number of carboxylic acids is 1. The van der Waals surface area contributed by atoms with Crippen molar-refractivity contribution in [3.05, 3.63) is 32.5 Å².